The van der Waals surface area contributed by atoms with Gasteiger partial charge < -0.3 is 9.64 Å². The summed E-state index contributed by atoms with van der Waals surface area (Å²) in [4.78, 5) is 16.0. The lowest BCUT2D eigenvalue weighted by Gasteiger charge is -2.26. The van der Waals surface area contributed by atoms with E-state index in [-0.39, 0.29) is 11.9 Å². The second-order valence-electron chi connectivity index (χ2n) is 9.04. The Kier molecular flexibility index (Phi) is 5.88. The van der Waals surface area contributed by atoms with Crippen LogP contribution in [-0.2, 0) is 24.4 Å². The maximum atomic E-state index is 14.0. The fourth-order valence-electron chi connectivity index (χ4n) is 5.06. The third kappa shape index (κ3) is 4.26. The van der Waals surface area contributed by atoms with Gasteiger partial charge in [0.05, 0.1) is 49.3 Å². The van der Waals surface area contributed by atoms with Gasteiger partial charge in [0.25, 0.3) is 5.91 Å². The molecule has 0 radical (unpaired) electrons. The van der Waals surface area contributed by atoms with Crippen molar-refractivity contribution in [3.05, 3.63) is 83.1 Å². The molecule has 4 heterocycles. The van der Waals surface area contributed by atoms with E-state index in [1.54, 1.807) is 0 Å². The van der Waals surface area contributed by atoms with Gasteiger partial charge >= 0.3 is 0 Å². The van der Waals surface area contributed by atoms with Crippen LogP contribution in [0.25, 0.3) is 22.5 Å². The Balaban J connectivity index is 1.28. The molecule has 2 aliphatic heterocycles. The number of hydrogen-bond acceptors (Lipinski definition) is 4. The smallest absolute Gasteiger partial charge is 0.258 e. The zero-order valence-corrected chi connectivity index (χ0v) is 20.1. The molecule has 0 unspecified atom stereocenters. The molecule has 0 bridgehead atoms. The largest absolute Gasteiger partial charge is 0.373 e. The van der Waals surface area contributed by atoms with Crippen molar-refractivity contribution in [2.45, 2.75) is 38.6 Å². The van der Waals surface area contributed by atoms with Gasteiger partial charge in [0.1, 0.15) is 5.69 Å². The second kappa shape index (κ2) is 9.32. The van der Waals surface area contributed by atoms with Crippen molar-refractivity contribution in [1.29, 1.82) is 0 Å². The van der Waals surface area contributed by atoms with E-state index in [9.17, 15) is 4.79 Å². The zero-order valence-electron chi connectivity index (χ0n) is 19.3. The van der Waals surface area contributed by atoms with E-state index >= 15 is 0 Å². The lowest BCUT2D eigenvalue weighted by atomic mass is 10.0. The highest BCUT2D eigenvalue weighted by molar-refractivity contribution is 6.30. The molecule has 2 aliphatic rings. The summed E-state index contributed by atoms with van der Waals surface area (Å²) in [5.41, 5.74) is 5.15. The van der Waals surface area contributed by atoms with Crippen LogP contribution in [0.3, 0.4) is 0 Å². The summed E-state index contributed by atoms with van der Waals surface area (Å²) >= 11 is 6.02. The van der Waals surface area contributed by atoms with E-state index in [2.05, 4.69) is 0 Å². The molecular formula is C27H26ClN5O2. The average Bonchev–Trinajstić information content (AvgIpc) is 3.63. The number of benzene rings is 2. The molecule has 0 spiro atoms. The molecule has 35 heavy (non-hydrogen) atoms. The van der Waals surface area contributed by atoms with Gasteiger partial charge in [-0.05, 0) is 31.0 Å². The van der Waals surface area contributed by atoms with E-state index in [4.69, 9.17) is 26.5 Å². The second-order valence-corrected chi connectivity index (χ2v) is 9.47. The lowest BCUT2D eigenvalue weighted by molar-refractivity contribution is 0.0675. The molecule has 4 aromatic rings. The van der Waals surface area contributed by atoms with Gasteiger partial charge in [-0.1, -0.05) is 54.1 Å². The number of amides is 1. The van der Waals surface area contributed by atoms with E-state index in [1.165, 1.54) is 0 Å². The van der Waals surface area contributed by atoms with Gasteiger partial charge in [0.15, 0.2) is 0 Å². The summed E-state index contributed by atoms with van der Waals surface area (Å²) in [7, 11) is 0. The fraction of sp³-hybridized carbons (Fsp3) is 0.296. The Bertz CT molecular complexity index is 1350. The minimum absolute atomic E-state index is 0.0307. The van der Waals surface area contributed by atoms with E-state index in [0.29, 0.717) is 36.9 Å². The number of aromatic nitrogens is 4. The van der Waals surface area contributed by atoms with Crippen LogP contribution in [0.2, 0.25) is 5.02 Å². The molecule has 8 heteroatoms. The number of ether oxygens (including phenoxy) is 1. The molecule has 0 N–H and O–H groups in total. The molecule has 2 aromatic heterocycles. The van der Waals surface area contributed by atoms with Crippen molar-refractivity contribution < 1.29 is 9.53 Å². The minimum Gasteiger partial charge on any atom is -0.373 e. The molecule has 6 rings (SSSR count). The van der Waals surface area contributed by atoms with Crippen molar-refractivity contribution in [3.63, 3.8) is 0 Å². The Labute approximate surface area is 208 Å². The third-order valence-electron chi connectivity index (χ3n) is 6.82. The molecule has 178 valence electrons. The summed E-state index contributed by atoms with van der Waals surface area (Å²) < 4.78 is 9.60. The summed E-state index contributed by atoms with van der Waals surface area (Å²) in [5.74, 6) is 0.0307. The van der Waals surface area contributed by atoms with Gasteiger partial charge in [0.2, 0.25) is 0 Å². The Morgan fingerprint density at radius 1 is 1.00 bits per heavy atom. The first kappa shape index (κ1) is 22.1. The number of rotatable bonds is 5. The van der Waals surface area contributed by atoms with Gasteiger partial charge in [-0.2, -0.15) is 10.2 Å². The molecule has 1 atom stereocenters. The predicted molar refractivity (Wildman–Crippen MR) is 134 cm³/mol. The highest BCUT2D eigenvalue weighted by atomic mass is 35.5. The van der Waals surface area contributed by atoms with Crippen LogP contribution in [0, 0.1) is 0 Å². The molecule has 0 saturated carbocycles. The summed E-state index contributed by atoms with van der Waals surface area (Å²) in [5, 5.41) is 10.3. The van der Waals surface area contributed by atoms with Crippen LogP contribution in [0.4, 0.5) is 0 Å². The molecule has 7 nitrogen and oxygen atoms in total. The number of fused-ring (bicyclic) bond motifs is 1. The number of likely N-dealkylation sites (tertiary alicyclic amines) is 1. The first-order chi connectivity index (χ1) is 17.2. The molecule has 1 amide bonds. The Morgan fingerprint density at radius 2 is 1.83 bits per heavy atom. The van der Waals surface area contributed by atoms with Gasteiger partial charge in [0, 0.05) is 28.9 Å². The lowest BCUT2D eigenvalue weighted by Crippen LogP contribution is -2.39. The quantitative estimate of drug-likeness (QED) is 0.401. The van der Waals surface area contributed by atoms with Crippen molar-refractivity contribution in [3.8, 4) is 22.5 Å². The minimum atomic E-state index is 0.0307. The van der Waals surface area contributed by atoms with E-state index < -0.39 is 0 Å². The average molecular weight is 488 g/mol. The number of halogens is 1. The molecular weight excluding hydrogens is 462 g/mol. The van der Waals surface area contributed by atoms with Crippen LogP contribution in [0.5, 0.6) is 0 Å². The Hall–Kier alpha value is -3.42. The van der Waals surface area contributed by atoms with Crippen LogP contribution >= 0.6 is 11.6 Å². The van der Waals surface area contributed by atoms with Crippen LogP contribution in [0.15, 0.2) is 66.9 Å². The SMILES string of the molecule is O=C(c1c(-c2ccccc2)nn2c1COCC2)N1CCC[C@H]1Cn1ccc(-c2ccc(Cl)cc2)n1. The number of nitrogens with zero attached hydrogens (tertiary/aromatic N) is 5. The maximum absolute atomic E-state index is 14.0. The zero-order chi connectivity index (χ0) is 23.8. The monoisotopic (exact) mass is 487 g/mol. The van der Waals surface area contributed by atoms with Gasteiger partial charge in [-0.15, -0.1) is 0 Å². The first-order valence-electron chi connectivity index (χ1n) is 12.0. The fourth-order valence-corrected chi connectivity index (χ4v) is 5.19. The van der Waals surface area contributed by atoms with Crippen molar-refractivity contribution in [2.24, 2.45) is 0 Å². The van der Waals surface area contributed by atoms with Gasteiger partial charge in [-0.3, -0.25) is 14.2 Å². The summed E-state index contributed by atoms with van der Waals surface area (Å²) in [6.07, 6.45) is 3.90. The van der Waals surface area contributed by atoms with Crippen LogP contribution in [0.1, 0.15) is 28.9 Å². The summed E-state index contributed by atoms with van der Waals surface area (Å²) in [6, 6.07) is 19.7. The van der Waals surface area contributed by atoms with E-state index in [1.807, 2.05) is 81.1 Å². The van der Waals surface area contributed by atoms with Crippen molar-refractivity contribution >= 4 is 17.5 Å². The molecule has 1 fully saturated rings. The highest BCUT2D eigenvalue weighted by Gasteiger charge is 2.35. The van der Waals surface area contributed by atoms with Crippen LogP contribution < -0.4 is 0 Å². The van der Waals surface area contributed by atoms with Crippen molar-refractivity contribution in [1.82, 2.24) is 24.5 Å². The third-order valence-corrected chi connectivity index (χ3v) is 7.07. The maximum Gasteiger partial charge on any atom is 0.258 e. The number of hydrogen-bond donors (Lipinski definition) is 0. The molecule has 1 saturated heterocycles. The topological polar surface area (TPSA) is 65.2 Å². The standard InChI is InChI=1S/C27H26ClN5O2/c28-21-10-8-19(9-11-21)23-12-14-31(29-23)17-22-7-4-13-32(22)27(34)25-24-18-35-16-15-33(24)30-26(25)20-5-2-1-3-6-20/h1-3,5-6,8-12,14,22H,4,7,13,15-18H2/t22-/m0/s1. The predicted octanol–water partition coefficient (Wildman–Crippen LogP) is 4.90. The first-order valence-corrected chi connectivity index (χ1v) is 12.4. The number of carbonyl (C=O) groups is 1. The van der Waals surface area contributed by atoms with Gasteiger partial charge in [-0.25, -0.2) is 0 Å². The molecule has 2 aromatic carbocycles. The Morgan fingerprint density at radius 3 is 2.66 bits per heavy atom. The van der Waals surface area contributed by atoms with Crippen LogP contribution in [-0.4, -0.2) is 49.6 Å². The highest BCUT2D eigenvalue weighted by Crippen LogP contribution is 2.31. The molecule has 0 aliphatic carbocycles. The number of carbonyl (C=O) groups excluding carboxylic acids is 1. The normalized spacial score (nSPS) is 17.5. The van der Waals surface area contributed by atoms with Crippen molar-refractivity contribution in [2.75, 3.05) is 13.2 Å². The summed E-state index contributed by atoms with van der Waals surface area (Å²) in [6.45, 7) is 3.06. The van der Waals surface area contributed by atoms with E-state index in [0.717, 1.165) is 47.6 Å².